The Morgan fingerprint density at radius 1 is 1.18 bits per heavy atom. The Morgan fingerprint density at radius 2 is 2.00 bits per heavy atom. The summed E-state index contributed by atoms with van der Waals surface area (Å²) in [5, 5.41) is 0. The molecule has 1 N–H and O–H groups in total. The van der Waals surface area contributed by atoms with Gasteiger partial charge in [0.2, 0.25) is 0 Å². The molecular formula is C14H21N3. The maximum absolute atomic E-state index is 4.52. The summed E-state index contributed by atoms with van der Waals surface area (Å²) in [5.74, 6) is 1.08. The predicted octanol–water partition coefficient (Wildman–Crippen LogP) is 3.78. The largest absolute Gasteiger partial charge is 0.340 e. The number of aromatic nitrogens is 3. The van der Waals surface area contributed by atoms with E-state index in [4.69, 9.17) is 0 Å². The average Bonchev–Trinajstić information content (AvgIpc) is 2.73. The number of hydrogen-bond donors (Lipinski definition) is 1. The number of aryl methyl sites for hydroxylation is 2. The summed E-state index contributed by atoms with van der Waals surface area (Å²) in [6, 6.07) is 2.02. The van der Waals surface area contributed by atoms with Crippen molar-refractivity contribution in [3.8, 4) is 0 Å². The molecule has 0 unspecified atom stereocenters. The van der Waals surface area contributed by atoms with E-state index in [1.807, 2.05) is 12.3 Å². The molecule has 0 amide bonds. The van der Waals surface area contributed by atoms with Gasteiger partial charge >= 0.3 is 0 Å². The van der Waals surface area contributed by atoms with Crippen molar-refractivity contribution < 1.29 is 0 Å². The third-order valence-corrected chi connectivity index (χ3v) is 3.17. The zero-order valence-corrected chi connectivity index (χ0v) is 10.8. The van der Waals surface area contributed by atoms with Crippen molar-refractivity contribution in [2.24, 2.45) is 0 Å². The molecule has 0 bridgehead atoms. The van der Waals surface area contributed by atoms with Crippen LogP contribution in [0.15, 0.2) is 12.3 Å². The van der Waals surface area contributed by atoms with Crippen LogP contribution in [-0.4, -0.2) is 15.0 Å². The van der Waals surface area contributed by atoms with Gasteiger partial charge in [-0.3, -0.25) is 0 Å². The van der Waals surface area contributed by atoms with Gasteiger partial charge in [0.25, 0.3) is 0 Å². The number of unbranched alkanes of at least 4 members (excludes halogenated alkanes) is 4. The van der Waals surface area contributed by atoms with Crippen molar-refractivity contribution in [1.82, 2.24) is 15.0 Å². The molecule has 0 spiro atoms. The molecular weight excluding hydrogens is 210 g/mol. The number of imidazole rings is 1. The number of hydrogen-bond acceptors (Lipinski definition) is 2. The van der Waals surface area contributed by atoms with Crippen molar-refractivity contribution in [2.75, 3.05) is 0 Å². The molecule has 0 aromatic carbocycles. The van der Waals surface area contributed by atoms with E-state index in [0.717, 1.165) is 23.4 Å². The third-order valence-electron chi connectivity index (χ3n) is 3.17. The molecule has 0 radical (unpaired) electrons. The topological polar surface area (TPSA) is 41.6 Å². The summed E-state index contributed by atoms with van der Waals surface area (Å²) in [5.41, 5.74) is 3.17. The maximum atomic E-state index is 4.52. The highest BCUT2D eigenvalue weighted by molar-refractivity contribution is 5.74. The van der Waals surface area contributed by atoms with E-state index in [0.29, 0.717) is 0 Å². The van der Waals surface area contributed by atoms with Gasteiger partial charge in [0.05, 0.1) is 5.52 Å². The molecule has 0 atom stereocenters. The summed E-state index contributed by atoms with van der Waals surface area (Å²) >= 11 is 0. The van der Waals surface area contributed by atoms with Crippen LogP contribution in [0.4, 0.5) is 0 Å². The Morgan fingerprint density at radius 3 is 2.76 bits per heavy atom. The van der Waals surface area contributed by atoms with Gasteiger partial charge in [0, 0.05) is 12.6 Å². The second kappa shape index (κ2) is 5.80. The molecule has 0 saturated heterocycles. The Bertz CT molecular complexity index is 473. The van der Waals surface area contributed by atoms with Gasteiger partial charge < -0.3 is 4.98 Å². The Kier molecular flexibility index (Phi) is 4.13. The molecule has 3 nitrogen and oxygen atoms in total. The van der Waals surface area contributed by atoms with E-state index >= 15 is 0 Å². The smallest absolute Gasteiger partial charge is 0.177 e. The SMILES string of the molecule is CCCCCCCc1nc2nccc(C)c2[nH]1. The van der Waals surface area contributed by atoms with E-state index in [-0.39, 0.29) is 0 Å². The van der Waals surface area contributed by atoms with Crippen LogP contribution in [0.25, 0.3) is 11.2 Å². The minimum absolute atomic E-state index is 0.855. The van der Waals surface area contributed by atoms with Crippen molar-refractivity contribution in [3.63, 3.8) is 0 Å². The second-order valence-corrected chi connectivity index (χ2v) is 4.67. The second-order valence-electron chi connectivity index (χ2n) is 4.67. The first-order valence-corrected chi connectivity index (χ1v) is 6.61. The molecule has 0 aliphatic carbocycles. The number of nitrogens with one attached hydrogen (secondary N) is 1. The monoisotopic (exact) mass is 231 g/mol. The van der Waals surface area contributed by atoms with Gasteiger partial charge in [-0.25, -0.2) is 9.97 Å². The normalized spacial score (nSPS) is 11.2. The zero-order valence-electron chi connectivity index (χ0n) is 10.8. The van der Waals surface area contributed by atoms with E-state index in [1.165, 1.54) is 37.7 Å². The first kappa shape index (κ1) is 12.1. The van der Waals surface area contributed by atoms with Crippen LogP contribution in [0.1, 0.15) is 50.4 Å². The van der Waals surface area contributed by atoms with E-state index in [2.05, 4.69) is 28.8 Å². The summed E-state index contributed by atoms with van der Waals surface area (Å²) < 4.78 is 0. The number of rotatable bonds is 6. The van der Waals surface area contributed by atoms with Gasteiger partial charge in [0.1, 0.15) is 5.82 Å². The lowest BCUT2D eigenvalue weighted by Gasteiger charge is -1.97. The van der Waals surface area contributed by atoms with Crippen LogP contribution in [0, 0.1) is 6.92 Å². The van der Waals surface area contributed by atoms with Crippen molar-refractivity contribution >= 4 is 11.2 Å². The minimum Gasteiger partial charge on any atom is -0.340 e. The molecule has 2 heterocycles. The fourth-order valence-corrected chi connectivity index (χ4v) is 2.10. The van der Waals surface area contributed by atoms with E-state index in [9.17, 15) is 0 Å². The van der Waals surface area contributed by atoms with Gasteiger partial charge in [-0.15, -0.1) is 0 Å². The van der Waals surface area contributed by atoms with Crippen LogP contribution < -0.4 is 0 Å². The first-order valence-electron chi connectivity index (χ1n) is 6.61. The van der Waals surface area contributed by atoms with Crippen LogP contribution in [0.3, 0.4) is 0 Å². The minimum atomic E-state index is 0.855. The number of fused-ring (bicyclic) bond motifs is 1. The van der Waals surface area contributed by atoms with E-state index in [1.54, 1.807) is 0 Å². The Balaban J connectivity index is 1.93. The average molecular weight is 231 g/mol. The fourth-order valence-electron chi connectivity index (χ4n) is 2.10. The lowest BCUT2D eigenvalue weighted by molar-refractivity contribution is 0.625. The molecule has 2 aromatic rings. The highest BCUT2D eigenvalue weighted by Crippen LogP contribution is 2.14. The summed E-state index contributed by atoms with van der Waals surface area (Å²) in [4.78, 5) is 12.2. The zero-order chi connectivity index (χ0) is 12.1. The first-order chi connectivity index (χ1) is 8.31. The molecule has 0 saturated carbocycles. The summed E-state index contributed by atoms with van der Waals surface area (Å²) in [6.07, 6.45) is 9.38. The molecule has 3 heteroatoms. The molecule has 92 valence electrons. The summed E-state index contributed by atoms with van der Waals surface area (Å²) in [7, 11) is 0. The van der Waals surface area contributed by atoms with Crippen molar-refractivity contribution in [1.29, 1.82) is 0 Å². The standard InChI is InChI=1S/C14H21N3/c1-3-4-5-6-7-8-12-16-13-11(2)9-10-15-14(13)17-12/h9-10H,3-8H2,1-2H3,(H,15,16,17). The predicted molar refractivity (Wildman–Crippen MR) is 71.1 cm³/mol. The quantitative estimate of drug-likeness (QED) is 0.769. The highest BCUT2D eigenvalue weighted by atomic mass is 15.0. The third kappa shape index (κ3) is 3.05. The Labute approximate surface area is 103 Å². The van der Waals surface area contributed by atoms with E-state index < -0.39 is 0 Å². The van der Waals surface area contributed by atoms with Gasteiger partial charge in [-0.2, -0.15) is 0 Å². The molecule has 2 aromatic heterocycles. The lowest BCUT2D eigenvalue weighted by atomic mass is 10.1. The van der Waals surface area contributed by atoms with Gasteiger partial charge in [-0.05, 0) is 25.0 Å². The summed E-state index contributed by atoms with van der Waals surface area (Å²) in [6.45, 7) is 4.33. The fraction of sp³-hybridized carbons (Fsp3) is 0.571. The molecule has 0 fully saturated rings. The van der Waals surface area contributed by atoms with Gasteiger partial charge in [0.15, 0.2) is 5.65 Å². The molecule has 2 rings (SSSR count). The molecule has 0 aliphatic rings. The van der Waals surface area contributed by atoms with Crippen LogP contribution in [0.5, 0.6) is 0 Å². The van der Waals surface area contributed by atoms with Crippen molar-refractivity contribution in [3.05, 3.63) is 23.7 Å². The number of aromatic amines is 1. The van der Waals surface area contributed by atoms with Crippen molar-refractivity contribution in [2.45, 2.75) is 52.4 Å². The van der Waals surface area contributed by atoms with Crippen LogP contribution >= 0.6 is 0 Å². The number of nitrogens with zero attached hydrogens (tertiary/aromatic N) is 2. The number of H-pyrrole nitrogens is 1. The molecule has 17 heavy (non-hydrogen) atoms. The number of pyridine rings is 1. The maximum Gasteiger partial charge on any atom is 0.177 e. The highest BCUT2D eigenvalue weighted by Gasteiger charge is 2.05. The molecule has 0 aliphatic heterocycles. The lowest BCUT2D eigenvalue weighted by Crippen LogP contribution is -1.88. The van der Waals surface area contributed by atoms with Crippen LogP contribution in [-0.2, 0) is 6.42 Å². The van der Waals surface area contributed by atoms with Crippen LogP contribution in [0.2, 0.25) is 0 Å². The van der Waals surface area contributed by atoms with Gasteiger partial charge in [-0.1, -0.05) is 32.6 Å². The Hall–Kier alpha value is -1.38.